The third-order valence-electron chi connectivity index (χ3n) is 5.40. The van der Waals surface area contributed by atoms with Crippen molar-refractivity contribution < 1.29 is 14.3 Å². The molecule has 0 aliphatic carbocycles. The molecule has 1 amide bonds. The van der Waals surface area contributed by atoms with Crippen LogP contribution in [0.25, 0.3) is 0 Å². The SMILES string of the molecule is CC/C=C(C)/C(=C\C=C(C)\C(NNC)=C(\CCC)CNC(=O)OCC(/C=C\C=C\CCC)=C(/C)Cl)OC. The van der Waals surface area contributed by atoms with Crippen LogP contribution in [-0.4, -0.2) is 33.4 Å². The van der Waals surface area contributed by atoms with E-state index in [0.717, 1.165) is 65.9 Å². The normalized spacial score (nSPS) is 14.6. The first-order chi connectivity index (χ1) is 17.7. The Kier molecular flexibility index (Phi) is 19.8. The molecule has 37 heavy (non-hydrogen) atoms. The topological polar surface area (TPSA) is 71.6 Å². The van der Waals surface area contributed by atoms with Gasteiger partial charge < -0.3 is 20.2 Å². The molecule has 0 saturated carbocycles. The number of nitrogens with one attached hydrogen (secondary N) is 3. The molecule has 6 nitrogen and oxygen atoms in total. The molecule has 0 fully saturated rings. The molecule has 0 aromatic carbocycles. The van der Waals surface area contributed by atoms with E-state index >= 15 is 0 Å². The molecule has 3 N–H and O–H groups in total. The van der Waals surface area contributed by atoms with E-state index in [9.17, 15) is 4.79 Å². The molecule has 0 radical (unpaired) electrons. The number of hydrogen-bond acceptors (Lipinski definition) is 5. The van der Waals surface area contributed by atoms with Crippen molar-refractivity contribution in [1.29, 1.82) is 0 Å². The van der Waals surface area contributed by atoms with Gasteiger partial charge in [-0.25, -0.2) is 10.2 Å². The van der Waals surface area contributed by atoms with Crippen molar-refractivity contribution in [2.45, 2.75) is 73.6 Å². The summed E-state index contributed by atoms with van der Waals surface area (Å²) in [7, 11) is 3.49. The van der Waals surface area contributed by atoms with Gasteiger partial charge in [-0.3, -0.25) is 0 Å². The summed E-state index contributed by atoms with van der Waals surface area (Å²) in [6.45, 7) is 12.6. The van der Waals surface area contributed by atoms with Crippen molar-refractivity contribution in [3.63, 3.8) is 0 Å². The van der Waals surface area contributed by atoms with Gasteiger partial charge in [0.15, 0.2) is 0 Å². The lowest BCUT2D eigenvalue weighted by Crippen LogP contribution is -2.32. The Morgan fingerprint density at radius 2 is 1.73 bits per heavy atom. The molecule has 0 rings (SSSR count). The van der Waals surface area contributed by atoms with Crippen LogP contribution in [0.5, 0.6) is 0 Å². The fourth-order valence-electron chi connectivity index (χ4n) is 3.39. The second kappa shape index (κ2) is 21.4. The van der Waals surface area contributed by atoms with Crippen molar-refractivity contribution in [2.24, 2.45) is 0 Å². The van der Waals surface area contributed by atoms with Crippen LogP contribution >= 0.6 is 11.6 Å². The van der Waals surface area contributed by atoms with Crippen LogP contribution in [0, 0.1) is 0 Å². The minimum Gasteiger partial charge on any atom is -0.497 e. The molecular formula is C30H48ClN3O3. The molecule has 0 aliphatic rings. The Labute approximate surface area is 230 Å². The maximum Gasteiger partial charge on any atom is 0.407 e. The van der Waals surface area contributed by atoms with Gasteiger partial charge in [0, 0.05) is 24.2 Å². The van der Waals surface area contributed by atoms with Crippen LogP contribution in [0.2, 0.25) is 0 Å². The van der Waals surface area contributed by atoms with Gasteiger partial charge in [-0.05, 0) is 62.8 Å². The van der Waals surface area contributed by atoms with E-state index in [2.05, 4.69) is 49.1 Å². The summed E-state index contributed by atoms with van der Waals surface area (Å²) in [4.78, 5) is 12.5. The molecule has 0 aliphatic heterocycles. The number of hydrogen-bond donors (Lipinski definition) is 3. The Bertz CT molecular complexity index is 905. The fourth-order valence-corrected chi connectivity index (χ4v) is 3.51. The summed E-state index contributed by atoms with van der Waals surface area (Å²) in [6.07, 6.45) is 18.3. The number of methoxy groups -OCH3 is 1. The second-order valence-corrected chi connectivity index (χ2v) is 9.11. The summed E-state index contributed by atoms with van der Waals surface area (Å²) in [5.41, 5.74) is 11.1. The van der Waals surface area contributed by atoms with Crippen LogP contribution in [0.15, 0.2) is 81.3 Å². The molecule has 0 saturated heterocycles. The van der Waals surface area contributed by atoms with E-state index in [1.807, 2.05) is 51.3 Å². The minimum absolute atomic E-state index is 0.0991. The van der Waals surface area contributed by atoms with Crippen molar-refractivity contribution in [3.05, 3.63) is 81.3 Å². The van der Waals surface area contributed by atoms with Gasteiger partial charge in [-0.15, -0.1) is 0 Å². The Morgan fingerprint density at radius 3 is 2.30 bits per heavy atom. The maximum absolute atomic E-state index is 12.5. The zero-order valence-corrected chi connectivity index (χ0v) is 24.8. The monoisotopic (exact) mass is 533 g/mol. The number of carbonyl (C=O) groups excluding carboxylic acids is 1. The van der Waals surface area contributed by atoms with Crippen molar-refractivity contribution in [3.8, 4) is 0 Å². The smallest absolute Gasteiger partial charge is 0.407 e. The van der Waals surface area contributed by atoms with Gasteiger partial charge in [0.05, 0.1) is 12.8 Å². The highest BCUT2D eigenvalue weighted by molar-refractivity contribution is 6.29. The van der Waals surface area contributed by atoms with Crippen molar-refractivity contribution >= 4 is 17.7 Å². The van der Waals surface area contributed by atoms with Gasteiger partial charge in [-0.1, -0.05) is 81.7 Å². The third-order valence-corrected chi connectivity index (χ3v) is 5.64. The summed E-state index contributed by atoms with van der Waals surface area (Å²) < 4.78 is 11.0. The lowest BCUT2D eigenvalue weighted by Gasteiger charge is -2.18. The molecule has 0 spiro atoms. The zero-order chi connectivity index (χ0) is 28.1. The summed E-state index contributed by atoms with van der Waals surface area (Å²) in [5.74, 6) is 0.817. The largest absolute Gasteiger partial charge is 0.497 e. The van der Waals surface area contributed by atoms with E-state index < -0.39 is 6.09 Å². The third kappa shape index (κ3) is 15.2. The summed E-state index contributed by atoms with van der Waals surface area (Å²) in [6, 6.07) is 0. The van der Waals surface area contributed by atoms with Crippen LogP contribution in [-0.2, 0) is 9.47 Å². The van der Waals surface area contributed by atoms with Gasteiger partial charge in [-0.2, -0.15) is 0 Å². The first-order valence-corrected chi connectivity index (χ1v) is 13.5. The number of rotatable bonds is 17. The number of ether oxygens (including phenoxy) is 2. The Morgan fingerprint density at radius 1 is 1.00 bits per heavy atom. The highest BCUT2D eigenvalue weighted by atomic mass is 35.5. The summed E-state index contributed by atoms with van der Waals surface area (Å²) in [5, 5.41) is 3.47. The Hall–Kier alpha value is -2.70. The molecule has 7 heteroatoms. The molecule has 208 valence electrons. The number of unbranched alkanes of at least 4 members (excludes halogenated alkanes) is 1. The maximum atomic E-state index is 12.5. The zero-order valence-electron chi connectivity index (χ0n) is 24.1. The molecule has 0 unspecified atom stereocenters. The lowest BCUT2D eigenvalue weighted by atomic mass is 10.0. The fraction of sp³-hybridized carbons (Fsp3) is 0.500. The molecular weight excluding hydrogens is 486 g/mol. The predicted molar refractivity (Wildman–Crippen MR) is 158 cm³/mol. The number of carbonyl (C=O) groups is 1. The number of hydrazine groups is 1. The predicted octanol–water partition coefficient (Wildman–Crippen LogP) is 7.75. The number of halogens is 1. The van der Waals surface area contributed by atoms with Gasteiger partial charge in [0.2, 0.25) is 0 Å². The van der Waals surface area contributed by atoms with Crippen LogP contribution in [0.1, 0.15) is 73.6 Å². The summed E-state index contributed by atoms with van der Waals surface area (Å²) >= 11 is 6.19. The number of amides is 1. The van der Waals surface area contributed by atoms with Gasteiger partial charge in [0.25, 0.3) is 0 Å². The molecule has 0 atom stereocenters. The number of allylic oxidation sites excluding steroid dienone is 9. The molecule has 0 aromatic heterocycles. The highest BCUT2D eigenvalue weighted by Crippen LogP contribution is 2.18. The molecule has 0 bridgehead atoms. The average molecular weight is 534 g/mol. The number of alkyl carbamates (subject to hydrolysis) is 1. The van der Waals surface area contributed by atoms with E-state index in [-0.39, 0.29) is 6.61 Å². The Balaban J connectivity index is 5.56. The van der Waals surface area contributed by atoms with E-state index in [0.29, 0.717) is 11.6 Å². The van der Waals surface area contributed by atoms with E-state index in [4.69, 9.17) is 21.1 Å². The van der Waals surface area contributed by atoms with Gasteiger partial charge >= 0.3 is 6.09 Å². The minimum atomic E-state index is -0.494. The highest BCUT2D eigenvalue weighted by Gasteiger charge is 2.11. The lowest BCUT2D eigenvalue weighted by molar-refractivity contribution is 0.157. The van der Waals surface area contributed by atoms with Gasteiger partial charge in [0.1, 0.15) is 12.4 Å². The quantitative estimate of drug-likeness (QED) is 0.101. The van der Waals surface area contributed by atoms with Crippen LogP contribution in [0.4, 0.5) is 4.79 Å². The second-order valence-electron chi connectivity index (χ2n) is 8.55. The van der Waals surface area contributed by atoms with Crippen LogP contribution < -0.4 is 16.2 Å². The van der Waals surface area contributed by atoms with E-state index in [1.165, 1.54) is 0 Å². The first kappa shape index (κ1) is 34.3. The van der Waals surface area contributed by atoms with Crippen molar-refractivity contribution in [2.75, 3.05) is 27.3 Å². The van der Waals surface area contributed by atoms with Crippen LogP contribution in [0.3, 0.4) is 0 Å². The molecule has 0 aromatic rings. The standard InChI is InChI=1S/C30H48ClN3O3/c1-9-12-13-14-15-18-27(25(6)31)22-37-30(35)33-21-26(17-11-3)29(34-32-7)24(5)19-20-28(36-8)23(4)16-10-2/h13-16,18-20,32,34H,9-12,17,21-22H2,1-8H3,(H,33,35)/b14-13+,18-15-,23-16+,24-19+,27-25-,28-20+,29-26+. The van der Waals surface area contributed by atoms with E-state index in [1.54, 1.807) is 14.0 Å². The molecule has 0 heterocycles. The average Bonchev–Trinajstić information content (AvgIpc) is 2.87. The first-order valence-electron chi connectivity index (χ1n) is 13.1. The van der Waals surface area contributed by atoms with Crippen molar-refractivity contribution in [1.82, 2.24) is 16.2 Å².